The first-order chi connectivity index (χ1) is 9.09. The van der Waals surface area contributed by atoms with E-state index in [1.165, 1.54) is 0 Å². The smallest absolute Gasteiger partial charge is 0.318 e. The molecule has 19 heavy (non-hydrogen) atoms. The third-order valence-electron chi connectivity index (χ3n) is 3.45. The second kappa shape index (κ2) is 5.14. The molecular formula is C16H16O3. The first kappa shape index (κ1) is 13.1. The van der Waals surface area contributed by atoms with Gasteiger partial charge in [0.05, 0.1) is 7.11 Å². The Labute approximate surface area is 112 Å². The van der Waals surface area contributed by atoms with Crippen molar-refractivity contribution in [2.75, 3.05) is 7.11 Å². The number of rotatable bonds is 4. The second-order valence-electron chi connectivity index (χ2n) is 4.52. The first-order valence-corrected chi connectivity index (χ1v) is 6.02. The van der Waals surface area contributed by atoms with Crippen LogP contribution in [-0.4, -0.2) is 18.2 Å². The van der Waals surface area contributed by atoms with E-state index < -0.39 is 11.4 Å². The lowest BCUT2D eigenvalue weighted by atomic mass is 9.76. The van der Waals surface area contributed by atoms with Gasteiger partial charge >= 0.3 is 5.97 Å². The summed E-state index contributed by atoms with van der Waals surface area (Å²) in [5.74, 6) is -0.159. The van der Waals surface area contributed by atoms with Crippen LogP contribution in [0, 0.1) is 0 Å². The molecule has 2 aromatic carbocycles. The molecule has 1 N–H and O–H groups in total. The number of hydrogen-bond donors (Lipinski definition) is 1. The summed E-state index contributed by atoms with van der Waals surface area (Å²) in [5.41, 5.74) is 0.424. The molecule has 0 saturated heterocycles. The highest BCUT2D eigenvalue weighted by Gasteiger charge is 2.36. The summed E-state index contributed by atoms with van der Waals surface area (Å²) in [7, 11) is 1.59. The third-order valence-corrected chi connectivity index (χ3v) is 3.45. The van der Waals surface area contributed by atoms with Gasteiger partial charge < -0.3 is 9.84 Å². The zero-order valence-electron chi connectivity index (χ0n) is 11.0. The molecule has 0 aromatic heterocycles. The summed E-state index contributed by atoms with van der Waals surface area (Å²) in [5, 5.41) is 9.63. The van der Waals surface area contributed by atoms with E-state index in [0.717, 1.165) is 11.1 Å². The Kier molecular flexibility index (Phi) is 3.56. The molecule has 2 aromatic rings. The fourth-order valence-electron chi connectivity index (χ4n) is 2.11. The van der Waals surface area contributed by atoms with Gasteiger partial charge in [-0.25, -0.2) is 0 Å². The van der Waals surface area contributed by atoms with Crippen molar-refractivity contribution < 1.29 is 14.6 Å². The Morgan fingerprint density at radius 2 is 1.53 bits per heavy atom. The maximum Gasteiger partial charge on any atom is 0.318 e. The van der Waals surface area contributed by atoms with Crippen molar-refractivity contribution in [1.82, 2.24) is 0 Å². The van der Waals surface area contributed by atoms with Crippen molar-refractivity contribution in [3.63, 3.8) is 0 Å². The molecule has 0 spiro atoms. The fraction of sp³-hybridized carbons (Fsp3) is 0.188. The molecule has 0 amide bonds. The number of ether oxygens (including phenoxy) is 1. The van der Waals surface area contributed by atoms with E-state index in [1.807, 2.05) is 30.3 Å². The minimum Gasteiger partial charge on any atom is -0.497 e. The molecule has 0 aliphatic carbocycles. The predicted molar refractivity (Wildman–Crippen MR) is 73.5 cm³/mol. The van der Waals surface area contributed by atoms with Crippen LogP contribution in [0.15, 0.2) is 54.6 Å². The van der Waals surface area contributed by atoms with Crippen LogP contribution in [-0.2, 0) is 10.2 Å². The van der Waals surface area contributed by atoms with Gasteiger partial charge in [-0.3, -0.25) is 4.79 Å². The Bertz CT molecular complexity index is 560. The summed E-state index contributed by atoms with van der Waals surface area (Å²) in [6, 6.07) is 16.4. The normalized spacial score (nSPS) is 13.6. The minimum absolute atomic E-state index is 0.713. The monoisotopic (exact) mass is 256 g/mol. The maximum absolute atomic E-state index is 11.7. The largest absolute Gasteiger partial charge is 0.497 e. The second-order valence-corrected chi connectivity index (χ2v) is 4.52. The predicted octanol–water partition coefficient (Wildman–Crippen LogP) is 3.09. The molecule has 0 aliphatic rings. The van der Waals surface area contributed by atoms with E-state index in [1.54, 1.807) is 38.3 Å². The number of carboxylic acid groups (broad SMARTS) is 1. The van der Waals surface area contributed by atoms with Crippen molar-refractivity contribution in [3.05, 3.63) is 65.7 Å². The van der Waals surface area contributed by atoms with Crippen molar-refractivity contribution in [3.8, 4) is 5.75 Å². The first-order valence-electron chi connectivity index (χ1n) is 6.02. The van der Waals surface area contributed by atoms with E-state index in [4.69, 9.17) is 4.74 Å². The van der Waals surface area contributed by atoms with Crippen LogP contribution in [0.5, 0.6) is 5.75 Å². The number of hydrogen-bond acceptors (Lipinski definition) is 2. The molecule has 0 bridgehead atoms. The quantitative estimate of drug-likeness (QED) is 0.914. The Balaban J connectivity index is 2.53. The van der Waals surface area contributed by atoms with Crippen LogP contribution in [0.4, 0.5) is 0 Å². The van der Waals surface area contributed by atoms with E-state index in [2.05, 4.69) is 0 Å². The topological polar surface area (TPSA) is 46.5 Å². The van der Waals surface area contributed by atoms with Gasteiger partial charge in [0.1, 0.15) is 11.2 Å². The lowest BCUT2D eigenvalue weighted by Crippen LogP contribution is -2.33. The molecule has 0 radical (unpaired) electrons. The van der Waals surface area contributed by atoms with Gasteiger partial charge in [0, 0.05) is 0 Å². The summed E-state index contributed by atoms with van der Waals surface area (Å²) >= 11 is 0. The van der Waals surface area contributed by atoms with Gasteiger partial charge in [-0.2, -0.15) is 0 Å². The van der Waals surface area contributed by atoms with Crippen LogP contribution in [0.1, 0.15) is 18.1 Å². The average molecular weight is 256 g/mol. The van der Waals surface area contributed by atoms with Crippen LogP contribution in [0.2, 0.25) is 0 Å². The van der Waals surface area contributed by atoms with Crippen LogP contribution < -0.4 is 4.74 Å². The van der Waals surface area contributed by atoms with Crippen molar-refractivity contribution in [2.45, 2.75) is 12.3 Å². The summed E-state index contributed by atoms with van der Waals surface area (Å²) < 4.78 is 5.10. The molecule has 0 fully saturated rings. The van der Waals surface area contributed by atoms with E-state index >= 15 is 0 Å². The molecule has 3 heteroatoms. The highest BCUT2D eigenvalue weighted by atomic mass is 16.5. The molecule has 2 rings (SSSR count). The average Bonchev–Trinajstić information content (AvgIpc) is 2.47. The van der Waals surface area contributed by atoms with E-state index in [-0.39, 0.29) is 0 Å². The van der Waals surface area contributed by atoms with Gasteiger partial charge in [-0.05, 0) is 30.2 Å². The minimum atomic E-state index is -1.06. The van der Waals surface area contributed by atoms with Gasteiger partial charge in [0.2, 0.25) is 0 Å². The number of benzene rings is 2. The SMILES string of the molecule is COc1ccc(C(C)(C(=O)O)c2ccccc2)cc1. The molecule has 3 nitrogen and oxygen atoms in total. The Morgan fingerprint density at radius 1 is 1.00 bits per heavy atom. The number of methoxy groups -OCH3 is 1. The highest BCUT2D eigenvalue weighted by molar-refractivity contribution is 5.85. The van der Waals surface area contributed by atoms with Gasteiger partial charge in [-0.15, -0.1) is 0 Å². The lowest BCUT2D eigenvalue weighted by Gasteiger charge is -2.26. The lowest BCUT2D eigenvalue weighted by molar-refractivity contribution is -0.141. The van der Waals surface area contributed by atoms with E-state index in [9.17, 15) is 9.90 Å². The van der Waals surface area contributed by atoms with Gasteiger partial charge in [-0.1, -0.05) is 42.5 Å². The summed E-state index contributed by atoms with van der Waals surface area (Å²) in [6.07, 6.45) is 0. The molecule has 0 saturated carbocycles. The fourth-order valence-corrected chi connectivity index (χ4v) is 2.11. The molecule has 0 aliphatic heterocycles. The van der Waals surface area contributed by atoms with E-state index in [0.29, 0.717) is 5.75 Å². The standard InChI is InChI=1S/C16H16O3/c1-16(15(17)18,12-6-4-3-5-7-12)13-8-10-14(19-2)11-9-13/h3-11H,1-2H3,(H,17,18). The summed E-state index contributed by atoms with van der Waals surface area (Å²) in [4.78, 5) is 11.7. The van der Waals surface area contributed by atoms with Gasteiger partial charge in [0.25, 0.3) is 0 Å². The Hall–Kier alpha value is -2.29. The number of carboxylic acids is 1. The summed E-state index contributed by atoms with van der Waals surface area (Å²) in [6.45, 7) is 1.71. The van der Waals surface area contributed by atoms with Crippen LogP contribution in [0.3, 0.4) is 0 Å². The highest BCUT2D eigenvalue weighted by Crippen LogP contribution is 2.33. The molecule has 98 valence electrons. The molecule has 0 heterocycles. The number of aliphatic carboxylic acids is 1. The zero-order chi connectivity index (χ0) is 13.9. The third kappa shape index (κ3) is 2.32. The molecular weight excluding hydrogens is 240 g/mol. The van der Waals surface area contributed by atoms with Crippen molar-refractivity contribution in [1.29, 1.82) is 0 Å². The zero-order valence-corrected chi connectivity index (χ0v) is 11.0. The van der Waals surface area contributed by atoms with Crippen LogP contribution >= 0.6 is 0 Å². The van der Waals surface area contributed by atoms with Crippen LogP contribution in [0.25, 0.3) is 0 Å². The Morgan fingerprint density at radius 3 is 2.00 bits per heavy atom. The number of carbonyl (C=O) groups is 1. The van der Waals surface area contributed by atoms with Crippen molar-refractivity contribution in [2.24, 2.45) is 0 Å². The van der Waals surface area contributed by atoms with Crippen molar-refractivity contribution >= 4 is 5.97 Å². The molecule has 1 atom stereocenters. The molecule has 1 unspecified atom stereocenters. The maximum atomic E-state index is 11.7. The van der Waals surface area contributed by atoms with Gasteiger partial charge in [0.15, 0.2) is 0 Å².